The van der Waals surface area contributed by atoms with Crippen molar-refractivity contribution in [2.75, 3.05) is 18.4 Å². The molecule has 7 heteroatoms. The number of primary amides is 1. The smallest absolute Gasteiger partial charge is 0.276 e. The van der Waals surface area contributed by atoms with Crippen molar-refractivity contribution in [3.8, 4) is 0 Å². The number of hydrogen-bond acceptors (Lipinski definition) is 4. The van der Waals surface area contributed by atoms with Crippen molar-refractivity contribution in [1.29, 1.82) is 0 Å². The molecule has 1 rings (SSSR count). The Bertz CT molecular complexity index is 463. The molecule has 0 saturated heterocycles. The Hall–Kier alpha value is -1.76. The van der Waals surface area contributed by atoms with E-state index in [1.807, 2.05) is 0 Å². The fourth-order valence-corrected chi connectivity index (χ4v) is 1.56. The fourth-order valence-electron chi connectivity index (χ4n) is 1.56. The summed E-state index contributed by atoms with van der Waals surface area (Å²) in [5, 5.41) is 2.43. The second-order valence-corrected chi connectivity index (χ2v) is 4.08. The highest BCUT2D eigenvalue weighted by atomic mass is 19.3. The minimum atomic E-state index is -3.06. The number of alkyl halides is 2. The number of pyridine rings is 1. The molecular weight excluding hydrogens is 242 g/mol. The van der Waals surface area contributed by atoms with Crippen LogP contribution in [0, 0.1) is 13.8 Å². The van der Waals surface area contributed by atoms with Gasteiger partial charge in [-0.1, -0.05) is 0 Å². The average molecular weight is 258 g/mol. The van der Waals surface area contributed by atoms with E-state index < -0.39 is 24.9 Å². The number of nitrogens with zero attached hydrogens (tertiary/aromatic N) is 1. The van der Waals surface area contributed by atoms with Crippen LogP contribution in [0.2, 0.25) is 0 Å². The van der Waals surface area contributed by atoms with Gasteiger partial charge in [-0.25, -0.2) is 13.8 Å². The van der Waals surface area contributed by atoms with Gasteiger partial charge in [0.25, 0.3) is 11.8 Å². The summed E-state index contributed by atoms with van der Waals surface area (Å²) < 4.78 is 26.1. The van der Waals surface area contributed by atoms with Gasteiger partial charge in [-0.3, -0.25) is 4.79 Å². The van der Waals surface area contributed by atoms with Gasteiger partial charge in [0.05, 0.1) is 18.7 Å². The predicted molar refractivity (Wildman–Crippen MR) is 64.7 cm³/mol. The molecule has 0 radical (unpaired) electrons. The highest BCUT2D eigenvalue weighted by molar-refractivity contribution is 5.99. The molecule has 5 N–H and O–H groups in total. The van der Waals surface area contributed by atoms with Crippen LogP contribution >= 0.6 is 0 Å². The van der Waals surface area contributed by atoms with Gasteiger partial charge in [0.15, 0.2) is 0 Å². The van der Waals surface area contributed by atoms with Crippen LogP contribution in [0.1, 0.15) is 21.6 Å². The number of hydrogen-bond donors (Lipinski definition) is 3. The lowest BCUT2D eigenvalue weighted by atomic mass is 10.1. The molecule has 1 aromatic rings. The Labute approximate surface area is 104 Å². The molecule has 0 aliphatic rings. The van der Waals surface area contributed by atoms with E-state index in [4.69, 9.17) is 11.5 Å². The molecule has 0 saturated carbocycles. The third-order valence-corrected chi connectivity index (χ3v) is 2.40. The van der Waals surface area contributed by atoms with Crippen LogP contribution in [-0.2, 0) is 0 Å². The third kappa shape index (κ3) is 3.36. The first-order valence-corrected chi connectivity index (χ1v) is 5.36. The molecule has 0 unspecified atom stereocenters. The summed E-state index contributed by atoms with van der Waals surface area (Å²) >= 11 is 0. The highest BCUT2D eigenvalue weighted by Crippen LogP contribution is 2.20. The van der Waals surface area contributed by atoms with E-state index in [0.29, 0.717) is 11.3 Å². The van der Waals surface area contributed by atoms with Gasteiger partial charge in [-0.15, -0.1) is 0 Å². The molecule has 0 atom stereocenters. The first-order valence-electron chi connectivity index (χ1n) is 5.36. The van der Waals surface area contributed by atoms with E-state index in [0.717, 1.165) is 0 Å². The van der Waals surface area contributed by atoms with Crippen molar-refractivity contribution in [3.05, 3.63) is 22.9 Å². The lowest BCUT2D eigenvalue weighted by Gasteiger charge is -2.17. The maximum Gasteiger partial charge on any atom is 0.276 e. The normalized spacial score (nSPS) is 11.4. The Balaban J connectivity index is 3.04. The van der Waals surface area contributed by atoms with E-state index in [1.54, 1.807) is 19.9 Å². The van der Waals surface area contributed by atoms with Gasteiger partial charge in [0, 0.05) is 5.69 Å². The molecular formula is C11H16F2N4O. The summed E-state index contributed by atoms with van der Waals surface area (Å²) in [5.74, 6) is -3.71. The average Bonchev–Trinajstić information content (AvgIpc) is 2.25. The summed E-state index contributed by atoms with van der Waals surface area (Å²) in [4.78, 5) is 15.3. The van der Waals surface area contributed by atoms with E-state index in [9.17, 15) is 13.6 Å². The molecule has 0 aromatic carbocycles. The van der Waals surface area contributed by atoms with Gasteiger partial charge >= 0.3 is 0 Å². The summed E-state index contributed by atoms with van der Waals surface area (Å²) in [6.07, 6.45) is 0. The van der Waals surface area contributed by atoms with Crippen LogP contribution < -0.4 is 16.8 Å². The zero-order valence-corrected chi connectivity index (χ0v) is 10.3. The molecule has 5 nitrogen and oxygen atoms in total. The van der Waals surface area contributed by atoms with Gasteiger partial charge < -0.3 is 16.8 Å². The molecule has 18 heavy (non-hydrogen) atoms. The maximum absolute atomic E-state index is 13.0. The number of carbonyl (C=O) groups is 1. The number of aromatic nitrogens is 1. The first kappa shape index (κ1) is 14.3. The number of aryl methyl sites for hydroxylation is 2. The minimum absolute atomic E-state index is 0.0631. The Morgan fingerprint density at radius 2 is 2.11 bits per heavy atom. The minimum Gasteiger partial charge on any atom is -0.365 e. The third-order valence-electron chi connectivity index (χ3n) is 2.40. The van der Waals surface area contributed by atoms with Gasteiger partial charge in [-0.05, 0) is 25.5 Å². The molecule has 0 aliphatic heterocycles. The van der Waals surface area contributed by atoms with E-state index >= 15 is 0 Å². The van der Waals surface area contributed by atoms with Crippen molar-refractivity contribution in [3.63, 3.8) is 0 Å². The van der Waals surface area contributed by atoms with E-state index in [1.165, 1.54) is 0 Å². The largest absolute Gasteiger partial charge is 0.365 e. The molecule has 0 aliphatic carbocycles. The lowest BCUT2D eigenvalue weighted by Crippen LogP contribution is -2.36. The van der Waals surface area contributed by atoms with Crippen LogP contribution in [0.15, 0.2) is 6.07 Å². The zero-order chi connectivity index (χ0) is 13.9. The predicted octanol–water partition coefficient (Wildman–Crippen LogP) is 0.803. The van der Waals surface area contributed by atoms with Crippen molar-refractivity contribution < 1.29 is 13.6 Å². The second kappa shape index (κ2) is 5.26. The second-order valence-electron chi connectivity index (χ2n) is 4.08. The number of nitrogens with two attached hydrogens (primary N) is 2. The van der Waals surface area contributed by atoms with Gasteiger partial charge in [-0.2, -0.15) is 0 Å². The molecule has 0 fully saturated rings. The van der Waals surface area contributed by atoms with Crippen molar-refractivity contribution in [2.45, 2.75) is 19.8 Å². The first-order chi connectivity index (χ1) is 8.26. The molecule has 1 heterocycles. The monoisotopic (exact) mass is 258 g/mol. The SMILES string of the molecule is Cc1cc(C)c(C(N)=O)c(NCC(F)(F)CN)n1. The Kier molecular flexibility index (Phi) is 4.18. The number of rotatable bonds is 5. The van der Waals surface area contributed by atoms with Crippen molar-refractivity contribution in [2.24, 2.45) is 11.5 Å². The van der Waals surface area contributed by atoms with Crippen LogP contribution in [0.25, 0.3) is 0 Å². The number of nitrogens with one attached hydrogen (secondary N) is 1. The lowest BCUT2D eigenvalue weighted by molar-refractivity contribution is 0.0252. The van der Waals surface area contributed by atoms with Gasteiger partial charge in [0.2, 0.25) is 0 Å². The number of amides is 1. The van der Waals surface area contributed by atoms with E-state index in [2.05, 4.69) is 10.3 Å². The Morgan fingerprint density at radius 1 is 1.50 bits per heavy atom. The topological polar surface area (TPSA) is 94.0 Å². The van der Waals surface area contributed by atoms with Crippen molar-refractivity contribution in [1.82, 2.24) is 4.98 Å². The summed E-state index contributed by atoms with van der Waals surface area (Å²) in [5.41, 5.74) is 11.4. The summed E-state index contributed by atoms with van der Waals surface area (Å²) in [6, 6.07) is 1.66. The van der Waals surface area contributed by atoms with Crippen LogP contribution in [0.4, 0.5) is 14.6 Å². The summed E-state index contributed by atoms with van der Waals surface area (Å²) in [6.45, 7) is 1.89. The molecule has 0 spiro atoms. The summed E-state index contributed by atoms with van der Waals surface area (Å²) in [7, 11) is 0. The number of halogens is 2. The number of carbonyl (C=O) groups excluding carboxylic acids is 1. The fraction of sp³-hybridized carbons (Fsp3) is 0.455. The van der Waals surface area contributed by atoms with Crippen LogP contribution in [0.5, 0.6) is 0 Å². The zero-order valence-electron chi connectivity index (χ0n) is 10.3. The Morgan fingerprint density at radius 3 is 2.61 bits per heavy atom. The van der Waals surface area contributed by atoms with E-state index in [-0.39, 0.29) is 11.4 Å². The number of anilines is 1. The van der Waals surface area contributed by atoms with Gasteiger partial charge in [0.1, 0.15) is 5.82 Å². The van der Waals surface area contributed by atoms with Crippen molar-refractivity contribution >= 4 is 11.7 Å². The molecule has 0 bridgehead atoms. The molecule has 1 aromatic heterocycles. The molecule has 100 valence electrons. The quantitative estimate of drug-likeness (QED) is 0.728. The maximum atomic E-state index is 13.0. The molecule has 1 amide bonds. The standard InChI is InChI=1S/C11H16F2N4O/c1-6-3-7(2)17-10(8(6)9(15)18)16-5-11(12,13)4-14/h3H,4-5,14H2,1-2H3,(H2,15,18)(H,16,17). The van der Waals surface area contributed by atoms with Crippen LogP contribution in [-0.4, -0.2) is 29.9 Å². The highest BCUT2D eigenvalue weighted by Gasteiger charge is 2.27. The van der Waals surface area contributed by atoms with Crippen LogP contribution in [0.3, 0.4) is 0 Å².